The van der Waals surface area contributed by atoms with E-state index in [1.165, 1.54) is 6.07 Å². The van der Waals surface area contributed by atoms with E-state index >= 15 is 0 Å². The van der Waals surface area contributed by atoms with Gasteiger partial charge in [0.15, 0.2) is 11.6 Å². The number of Topliss-reactive ketones (excluding diaryl/α,β-unsaturated/α-hetero) is 2. The van der Waals surface area contributed by atoms with Crippen LogP contribution in [0.5, 0.6) is 5.75 Å². The SMILES string of the molecule is CN(C)[C@H]1C(O)=C(C(N)=O)C(=O)[C@H]2C(=O)C3=C(O)c4c(O)ccc(N5CCC(O)CC5)c4C[C@H]3CC21. The zero-order chi connectivity index (χ0) is 26.0. The third kappa shape index (κ3) is 3.50. The number of aliphatic hydroxyl groups excluding tert-OH is 3. The quantitative estimate of drug-likeness (QED) is 0.300. The van der Waals surface area contributed by atoms with Gasteiger partial charge in [-0.25, -0.2) is 0 Å². The number of primary amides is 1. The van der Waals surface area contributed by atoms with Crippen molar-refractivity contribution >= 4 is 28.9 Å². The number of aliphatic hydroxyl groups is 3. The number of likely N-dealkylation sites (N-methyl/N-ethyl adjacent to an activating group) is 1. The second kappa shape index (κ2) is 8.63. The zero-order valence-electron chi connectivity index (χ0n) is 20.3. The lowest BCUT2D eigenvalue weighted by Gasteiger charge is -2.46. The normalized spacial score (nSPS) is 28.8. The molecule has 0 aromatic heterocycles. The maximum absolute atomic E-state index is 13.8. The van der Waals surface area contributed by atoms with E-state index in [1.54, 1.807) is 25.1 Å². The summed E-state index contributed by atoms with van der Waals surface area (Å²) in [4.78, 5) is 42.8. The highest BCUT2D eigenvalue weighted by Gasteiger charge is 2.55. The van der Waals surface area contributed by atoms with Crippen molar-refractivity contribution in [2.24, 2.45) is 23.5 Å². The van der Waals surface area contributed by atoms with Gasteiger partial charge in [-0.05, 0) is 69.3 Å². The number of phenols is 1. The van der Waals surface area contributed by atoms with Crippen LogP contribution < -0.4 is 10.6 Å². The minimum absolute atomic E-state index is 0.0707. The number of hydrogen-bond donors (Lipinski definition) is 5. The molecule has 10 nitrogen and oxygen atoms in total. The lowest BCUT2D eigenvalue weighted by atomic mass is 9.59. The first-order chi connectivity index (χ1) is 17.0. The molecule has 2 fully saturated rings. The number of piperidine rings is 1. The molecule has 4 aliphatic rings. The van der Waals surface area contributed by atoms with Crippen LogP contribution in [0.1, 0.15) is 30.4 Å². The summed E-state index contributed by atoms with van der Waals surface area (Å²) in [5.41, 5.74) is 6.61. The topological polar surface area (TPSA) is 165 Å². The number of allylic oxidation sites excluding steroid dienone is 1. The van der Waals surface area contributed by atoms with Crippen molar-refractivity contribution in [1.82, 2.24) is 4.90 Å². The van der Waals surface area contributed by atoms with E-state index in [9.17, 15) is 34.8 Å². The number of carbonyl (C=O) groups excluding carboxylic acids is 3. The van der Waals surface area contributed by atoms with Crippen molar-refractivity contribution in [3.63, 3.8) is 0 Å². The number of ketones is 2. The van der Waals surface area contributed by atoms with E-state index in [0.29, 0.717) is 44.3 Å². The molecule has 36 heavy (non-hydrogen) atoms. The first kappa shape index (κ1) is 24.3. The van der Waals surface area contributed by atoms with Crippen molar-refractivity contribution in [2.75, 3.05) is 32.1 Å². The molecule has 5 rings (SSSR count). The van der Waals surface area contributed by atoms with Crippen LogP contribution in [0.25, 0.3) is 5.76 Å². The molecular weight excluding hydrogens is 466 g/mol. The molecule has 1 aromatic carbocycles. The fourth-order valence-electron chi connectivity index (χ4n) is 6.65. The van der Waals surface area contributed by atoms with Crippen molar-refractivity contribution in [2.45, 2.75) is 37.8 Å². The molecule has 1 aliphatic heterocycles. The van der Waals surface area contributed by atoms with Crippen LogP contribution in [0.3, 0.4) is 0 Å². The maximum Gasteiger partial charge on any atom is 0.255 e. The molecule has 6 N–H and O–H groups in total. The van der Waals surface area contributed by atoms with Gasteiger partial charge in [0.2, 0.25) is 0 Å². The Bertz CT molecular complexity index is 1230. The van der Waals surface area contributed by atoms with E-state index in [-0.39, 0.29) is 28.7 Å². The van der Waals surface area contributed by atoms with Gasteiger partial charge in [-0.3, -0.25) is 19.3 Å². The summed E-state index contributed by atoms with van der Waals surface area (Å²) in [6.45, 7) is 1.24. The van der Waals surface area contributed by atoms with Gasteiger partial charge in [-0.15, -0.1) is 0 Å². The van der Waals surface area contributed by atoms with Crippen LogP contribution in [-0.4, -0.2) is 82.1 Å². The first-order valence-corrected chi connectivity index (χ1v) is 12.2. The minimum Gasteiger partial charge on any atom is -0.510 e. The maximum atomic E-state index is 13.8. The van der Waals surface area contributed by atoms with Gasteiger partial charge in [0.1, 0.15) is 22.8 Å². The van der Waals surface area contributed by atoms with Gasteiger partial charge in [-0.1, -0.05) is 0 Å². The summed E-state index contributed by atoms with van der Waals surface area (Å²) in [6.07, 6.45) is 1.52. The summed E-state index contributed by atoms with van der Waals surface area (Å²) in [6, 6.07) is 2.50. The van der Waals surface area contributed by atoms with Gasteiger partial charge in [0.25, 0.3) is 5.91 Å². The largest absolute Gasteiger partial charge is 0.510 e. The minimum atomic E-state index is -1.26. The summed E-state index contributed by atoms with van der Waals surface area (Å²) in [5.74, 6) is -5.80. The van der Waals surface area contributed by atoms with Crippen LogP contribution in [0.2, 0.25) is 0 Å². The fourth-order valence-corrected chi connectivity index (χ4v) is 6.65. The van der Waals surface area contributed by atoms with Crippen LogP contribution in [0.4, 0.5) is 5.69 Å². The molecule has 0 radical (unpaired) electrons. The molecule has 1 unspecified atom stereocenters. The molecule has 1 saturated heterocycles. The number of nitrogens with zero attached hydrogens (tertiary/aromatic N) is 2. The third-order valence-electron chi connectivity index (χ3n) is 8.23. The molecule has 192 valence electrons. The van der Waals surface area contributed by atoms with E-state index in [4.69, 9.17) is 5.73 Å². The predicted molar refractivity (Wildman–Crippen MR) is 130 cm³/mol. The Labute approximate surface area is 208 Å². The Balaban J connectivity index is 1.62. The molecular formula is C26H31N3O7. The number of phenolic OH excluding ortho intramolecular Hbond substituents is 1. The smallest absolute Gasteiger partial charge is 0.255 e. The van der Waals surface area contributed by atoms with Crippen molar-refractivity contribution in [3.8, 4) is 5.75 Å². The highest BCUT2D eigenvalue weighted by Crippen LogP contribution is 2.51. The summed E-state index contributed by atoms with van der Waals surface area (Å²) >= 11 is 0. The Morgan fingerprint density at radius 3 is 2.36 bits per heavy atom. The van der Waals surface area contributed by atoms with Gasteiger partial charge >= 0.3 is 0 Å². The van der Waals surface area contributed by atoms with Crippen molar-refractivity contribution in [1.29, 1.82) is 0 Å². The molecule has 3 aliphatic carbocycles. The second-order valence-electron chi connectivity index (χ2n) is 10.5. The van der Waals surface area contributed by atoms with E-state index in [1.807, 2.05) is 0 Å². The molecule has 1 amide bonds. The average Bonchev–Trinajstić information content (AvgIpc) is 2.79. The fraction of sp³-hybridized carbons (Fsp3) is 0.500. The summed E-state index contributed by atoms with van der Waals surface area (Å²) in [7, 11) is 3.38. The van der Waals surface area contributed by atoms with Crippen LogP contribution in [-0.2, 0) is 20.8 Å². The molecule has 10 heteroatoms. The number of hydrogen-bond acceptors (Lipinski definition) is 9. The van der Waals surface area contributed by atoms with E-state index < -0.39 is 52.6 Å². The van der Waals surface area contributed by atoms with Gasteiger partial charge in [0, 0.05) is 24.4 Å². The standard InChI is InChI=1S/C26H31N3O7/c1-28(2)21-14-10-11-9-13-15(29-7-5-12(30)6-8-29)3-4-16(31)18(13)22(32)17(11)23(33)19(14)24(34)20(25(21)35)26(27)36/h3-4,11-12,14,19,21,30-32,35H,5-10H2,1-2H3,(H2,27,36)/t11-,14?,19+,21+/m0/s1. The lowest BCUT2D eigenvalue weighted by molar-refractivity contribution is -0.136. The van der Waals surface area contributed by atoms with E-state index in [2.05, 4.69) is 4.90 Å². The second-order valence-corrected chi connectivity index (χ2v) is 10.5. The number of anilines is 1. The van der Waals surface area contributed by atoms with Crippen LogP contribution in [0.15, 0.2) is 29.0 Å². The van der Waals surface area contributed by atoms with Crippen LogP contribution >= 0.6 is 0 Å². The molecule has 0 spiro atoms. The number of fused-ring (bicyclic) bond motifs is 3. The summed E-state index contributed by atoms with van der Waals surface area (Å²) in [5, 5.41) is 42.7. The zero-order valence-corrected chi connectivity index (χ0v) is 20.3. The highest BCUT2D eigenvalue weighted by atomic mass is 16.3. The molecule has 1 aromatic rings. The van der Waals surface area contributed by atoms with Crippen molar-refractivity contribution in [3.05, 3.63) is 40.2 Å². The molecule has 0 bridgehead atoms. The predicted octanol–water partition coefficient (Wildman–Crippen LogP) is 0.810. The molecule has 1 saturated carbocycles. The van der Waals surface area contributed by atoms with Gasteiger partial charge in [0.05, 0.1) is 23.6 Å². The van der Waals surface area contributed by atoms with Crippen LogP contribution in [0, 0.1) is 17.8 Å². The Hall–Kier alpha value is -3.37. The molecule has 1 heterocycles. The van der Waals surface area contributed by atoms with Crippen molar-refractivity contribution < 1.29 is 34.8 Å². The summed E-state index contributed by atoms with van der Waals surface area (Å²) < 4.78 is 0. The lowest BCUT2D eigenvalue weighted by Crippen LogP contribution is -2.55. The Morgan fingerprint density at radius 1 is 1.08 bits per heavy atom. The number of aromatic hydroxyl groups is 1. The number of carbonyl (C=O) groups is 3. The number of benzene rings is 1. The Kier molecular flexibility index (Phi) is 5.83. The Morgan fingerprint density at radius 2 is 1.75 bits per heavy atom. The number of rotatable bonds is 3. The first-order valence-electron chi connectivity index (χ1n) is 12.2. The van der Waals surface area contributed by atoms with Gasteiger partial charge in [-0.2, -0.15) is 0 Å². The number of amides is 1. The average molecular weight is 498 g/mol. The van der Waals surface area contributed by atoms with E-state index in [0.717, 1.165) is 5.69 Å². The monoisotopic (exact) mass is 497 g/mol. The van der Waals surface area contributed by atoms with Gasteiger partial charge < -0.3 is 31.1 Å². The third-order valence-corrected chi connectivity index (χ3v) is 8.23. The molecule has 4 atom stereocenters. The number of nitrogens with two attached hydrogens (primary N) is 1. The highest BCUT2D eigenvalue weighted by molar-refractivity contribution is 6.28.